The van der Waals surface area contributed by atoms with Gasteiger partial charge in [-0.3, -0.25) is 19.5 Å². The number of pyridine rings is 1. The summed E-state index contributed by atoms with van der Waals surface area (Å²) in [7, 11) is 0. The zero-order chi connectivity index (χ0) is 19.8. The third-order valence-electron chi connectivity index (χ3n) is 5.29. The summed E-state index contributed by atoms with van der Waals surface area (Å²) in [4.78, 5) is 32.7. The molecule has 0 spiro atoms. The summed E-state index contributed by atoms with van der Waals surface area (Å²) in [6.45, 7) is 4.13. The predicted octanol–water partition coefficient (Wildman–Crippen LogP) is 1.54. The first-order chi connectivity index (χ1) is 13.4. The highest BCUT2D eigenvalue weighted by molar-refractivity contribution is 6.06. The van der Waals surface area contributed by atoms with Gasteiger partial charge in [0.1, 0.15) is 5.82 Å². The average Bonchev–Trinajstić information content (AvgIpc) is 2.90. The molecular weight excluding hydrogens is 365 g/mol. The molecule has 2 atom stereocenters. The summed E-state index contributed by atoms with van der Waals surface area (Å²) >= 11 is 0. The number of carboxylic acid groups (broad SMARTS) is 1. The zero-order valence-corrected chi connectivity index (χ0v) is 15.6. The lowest BCUT2D eigenvalue weighted by Crippen LogP contribution is -2.47. The van der Waals surface area contributed by atoms with Crippen LogP contribution in [0.3, 0.4) is 0 Å². The van der Waals surface area contributed by atoms with Crippen molar-refractivity contribution in [3.8, 4) is 0 Å². The second-order valence-electron chi connectivity index (χ2n) is 7.58. The van der Waals surface area contributed by atoms with E-state index in [2.05, 4.69) is 4.98 Å². The van der Waals surface area contributed by atoms with Crippen LogP contribution in [0, 0.1) is 18.7 Å². The van der Waals surface area contributed by atoms with Gasteiger partial charge >= 0.3 is 5.97 Å². The Hall–Kier alpha value is -2.58. The van der Waals surface area contributed by atoms with Crippen LogP contribution in [0.4, 0.5) is 4.39 Å². The Labute approximate surface area is 161 Å². The molecule has 4 rings (SSSR count). The van der Waals surface area contributed by atoms with Crippen LogP contribution in [0.1, 0.15) is 16.1 Å². The molecule has 3 heterocycles. The number of aryl methyl sites for hydroxylation is 1. The van der Waals surface area contributed by atoms with Gasteiger partial charge in [-0.05, 0) is 25.1 Å². The van der Waals surface area contributed by atoms with Crippen LogP contribution in [0.25, 0.3) is 10.9 Å². The number of fused-ring (bicyclic) bond motifs is 4. The van der Waals surface area contributed by atoms with E-state index in [1.807, 2.05) is 4.90 Å². The number of rotatable bonds is 3. The normalized spacial score (nSPS) is 22.9. The maximum atomic E-state index is 13.6. The molecule has 1 aromatic heterocycles. The molecule has 2 saturated heterocycles. The molecular formula is C20H22FN3O4. The van der Waals surface area contributed by atoms with Crippen molar-refractivity contribution < 1.29 is 23.8 Å². The van der Waals surface area contributed by atoms with Gasteiger partial charge in [0, 0.05) is 42.7 Å². The number of amides is 1. The van der Waals surface area contributed by atoms with Crippen molar-refractivity contribution in [1.29, 1.82) is 0 Å². The number of hydrogen-bond acceptors (Lipinski definition) is 5. The van der Waals surface area contributed by atoms with E-state index in [4.69, 9.17) is 9.84 Å². The van der Waals surface area contributed by atoms with Gasteiger partial charge in [0.2, 0.25) is 0 Å². The highest BCUT2D eigenvalue weighted by Crippen LogP contribution is 2.26. The van der Waals surface area contributed by atoms with Crippen molar-refractivity contribution in [2.45, 2.75) is 13.0 Å². The number of carbonyl (C=O) groups excluding carboxylic acids is 1. The van der Waals surface area contributed by atoms with Crippen molar-refractivity contribution in [3.05, 3.63) is 41.3 Å². The van der Waals surface area contributed by atoms with Gasteiger partial charge in [0.25, 0.3) is 5.91 Å². The third-order valence-corrected chi connectivity index (χ3v) is 5.29. The molecule has 8 heteroatoms. The quantitative estimate of drug-likeness (QED) is 0.860. The number of hydrogen-bond donors (Lipinski definition) is 1. The highest BCUT2D eigenvalue weighted by atomic mass is 19.1. The number of nitrogens with zero attached hydrogens (tertiary/aromatic N) is 3. The van der Waals surface area contributed by atoms with Crippen molar-refractivity contribution in [3.63, 3.8) is 0 Å². The Morgan fingerprint density at radius 3 is 2.86 bits per heavy atom. The maximum absolute atomic E-state index is 13.6. The van der Waals surface area contributed by atoms with Crippen LogP contribution >= 0.6 is 0 Å². The number of carboxylic acids is 1. The molecule has 2 aliphatic heterocycles. The largest absolute Gasteiger partial charge is 0.480 e. The van der Waals surface area contributed by atoms with Crippen molar-refractivity contribution in [1.82, 2.24) is 14.8 Å². The molecule has 2 aliphatic rings. The first-order valence-electron chi connectivity index (χ1n) is 9.30. The van der Waals surface area contributed by atoms with Crippen molar-refractivity contribution in [2.24, 2.45) is 5.92 Å². The number of aromatic nitrogens is 1. The van der Waals surface area contributed by atoms with Crippen molar-refractivity contribution >= 4 is 22.8 Å². The highest BCUT2D eigenvalue weighted by Gasteiger charge is 2.37. The Kier molecular flexibility index (Phi) is 4.99. The van der Waals surface area contributed by atoms with E-state index < -0.39 is 11.8 Å². The summed E-state index contributed by atoms with van der Waals surface area (Å²) in [6.07, 6.45) is 0. The minimum atomic E-state index is -0.878. The summed E-state index contributed by atoms with van der Waals surface area (Å²) in [5.41, 5.74) is 1.58. The van der Waals surface area contributed by atoms with Crippen LogP contribution in [-0.4, -0.2) is 77.2 Å². The smallest absolute Gasteiger partial charge is 0.317 e. The number of carbonyl (C=O) groups is 2. The van der Waals surface area contributed by atoms with Gasteiger partial charge in [-0.2, -0.15) is 0 Å². The standard InChI is InChI=1S/C20H22FN3O4/c1-12-4-17(16-3-2-14(21)5-18(16)22-12)20(27)24-7-13-6-23(9-19(25)26)8-15(24)11-28-10-13/h2-5,13,15H,6-11H2,1H3,(H,25,26)/t13-,15-/m0/s1. The third kappa shape index (κ3) is 3.70. The molecule has 2 bridgehead atoms. The van der Waals surface area contributed by atoms with Crippen LogP contribution < -0.4 is 0 Å². The van der Waals surface area contributed by atoms with E-state index in [0.717, 1.165) is 0 Å². The van der Waals surface area contributed by atoms with Crippen LogP contribution in [0.2, 0.25) is 0 Å². The molecule has 2 fully saturated rings. The lowest BCUT2D eigenvalue weighted by Gasteiger charge is -2.31. The van der Waals surface area contributed by atoms with Gasteiger partial charge < -0.3 is 14.7 Å². The van der Waals surface area contributed by atoms with Gasteiger partial charge in [-0.15, -0.1) is 0 Å². The second-order valence-corrected chi connectivity index (χ2v) is 7.58. The van der Waals surface area contributed by atoms with E-state index in [1.165, 1.54) is 12.1 Å². The predicted molar refractivity (Wildman–Crippen MR) is 99.6 cm³/mol. The van der Waals surface area contributed by atoms with E-state index >= 15 is 0 Å². The lowest BCUT2D eigenvalue weighted by atomic mass is 10.0. The van der Waals surface area contributed by atoms with Gasteiger partial charge in [0.15, 0.2) is 0 Å². The first kappa shape index (κ1) is 18.8. The average molecular weight is 387 g/mol. The fourth-order valence-electron chi connectivity index (χ4n) is 4.17. The second kappa shape index (κ2) is 7.44. The minimum absolute atomic E-state index is 0.0439. The lowest BCUT2D eigenvalue weighted by molar-refractivity contribution is -0.138. The van der Waals surface area contributed by atoms with Gasteiger partial charge in [0.05, 0.1) is 36.9 Å². The molecule has 0 saturated carbocycles. The van der Waals surface area contributed by atoms with Crippen LogP contribution in [0.5, 0.6) is 0 Å². The molecule has 148 valence electrons. The van der Waals surface area contributed by atoms with E-state index in [-0.39, 0.29) is 24.4 Å². The fraction of sp³-hybridized carbons (Fsp3) is 0.450. The molecule has 0 radical (unpaired) electrons. The topological polar surface area (TPSA) is 83.0 Å². The maximum Gasteiger partial charge on any atom is 0.317 e. The van der Waals surface area contributed by atoms with E-state index in [9.17, 15) is 14.0 Å². The summed E-state index contributed by atoms with van der Waals surface area (Å²) in [5, 5.41) is 9.76. The summed E-state index contributed by atoms with van der Waals surface area (Å²) in [6, 6.07) is 5.74. The Morgan fingerprint density at radius 1 is 1.25 bits per heavy atom. The Balaban J connectivity index is 1.70. The molecule has 1 amide bonds. The van der Waals surface area contributed by atoms with Gasteiger partial charge in [-0.25, -0.2) is 4.39 Å². The first-order valence-corrected chi connectivity index (χ1v) is 9.30. The Bertz CT molecular complexity index is 930. The number of aliphatic carboxylic acids is 1. The summed E-state index contributed by atoms with van der Waals surface area (Å²) in [5.74, 6) is -1.38. The molecule has 1 aromatic carbocycles. The number of halogens is 1. The van der Waals surface area contributed by atoms with E-state index in [1.54, 1.807) is 24.0 Å². The SMILES string of the molecule is Cc1cc(C(=O)N2C[C@H]3COC[C@@H]2CN(CC(=O)O)C3)c2ccc(F)cc2n1. The molecule has 0 aliphatic carbocycles. The monoisotopic (exact) mass is 387 g/mol. The molecule has 1 N–H and O–H groups in total. The van der Waals surface area contributed by atoms with Crippen LogP contribution in [0.15, 0.2) is 24.3 Å². The molecule has 7 nitrogen and oxygen atoms in total. The van der Waals surface area contributed by atoms with E-state index in [0.29, 0.717) is 55.0 Å². The Morgan fingerprint density at radius 2 is 2.07 bits per heavy atom. The molecule has 2 aromatic rings. The zero-order valence-electron chi connectivity index (χ0n) is 15.6. The number of benzene rings is 1. The summed E-state index contributed by atoms with van der Waals surface area (Å²) < 4.78 is 19.4. The molecule has 0 unspecified atom stereocenters. The number of ether oxygens (including phenoxy) is 1. The van der Waals surface area contributed by atoms with Crippen LogP contribution in [-0.2, 0) is 9.53 Å². The van der Waals surface area contributed by atoms with Crippen molar-refractivity contribution in [2.75, 3.05) is 39.4 Å². The minimum Gasteiger partial charge on any atom is -0.480 e. The molecule has 28 heavy (non-hydrogen) atoms. The van der Waals surface area contributed by atoms with Gasteiger partial charge in [-0.1, -0.05) is 0 Å². The fourth-order valence-corrected chi connectivity index (χ4v) is 4.17.